The Bertz CT molecular complexity index is 884. The number of nitrogens with zero attached hydrogens (tertiary/aromatic N) is 1. The number of benzene rings is 2. The summed E-state index contributed by atoms with van der Waals surface area (Å²) in [6, 6.07) is 14.7. The minimum Gasteiger partial charge on any atom is -0.481 e. The summed E-state index contributed by atoms with van der Waals surface area (Å²) in [6.45, 7) is 3.75. The second-order valence-electron chi connectivity index (χ2n) is 6.86. The lowest BCUT2D eigenvalue weighted by molar-refractivity contribution is -0.134. The molecule has 7 nitrogen and oxygen atoms in total. The van der Waals surface area contributed by atoms with Crippen molar-refractivity contribution in [2.75, 3.05) is 11.9 Å². The zero-order valence-corrected chi connectivity index (χ0v) is 18.5. The molecule has 1 aliphatic heterocycles. The largest absolute Gasteiger partial charge is 0.481 e. The third-order valence-corrected chi connectivity index (χ3v) is 4.95. The Kier molecular flexibility index (Phi) is 8.86. The Balaban J connectivity index is 0.000000735. The van der Waals surface area contributed by atoms with Crippen molar-refractivity contribution in [3.05, 3.63) is 64.1 Å². The van der Waals surface area contributed by atoms with Gasteiger partial charge in [-0.05, 0) is 43.0 Å². The van der Waals surface area contributed by atoms with E-state index in [1.807, 2.05) is 55.5 Å². The van der Waals surface area contributed by atoms with Crippen molar-refractivity contribution in [3.8, 4) is 0 Å². The number of carboxylic acids is 1. The molecule has 1 fully saturated rings. The molecule has 1 atom stereocenters. The van der Waals surface area contributed by atoms with Crippen LogP contribution in [0.4, 0.5) is 10.5 Å². The zero-order chi connectivity index (χ0) is 22.1. The highest BCUT2D eigenvalue weighted by molar-refractivity contribution is 9.10. The third kappa shape index (κ3) is 7.18. The van der Waals surface area contributed by atoms with E-state index in [0.29, 0.717) is 13.0 Å². The highest BCUT2D eigenvalue weighted by Gasteiger charge is 2.35. The van der Waals surface area contributed by atoms with Crippen LogP contribution < -0.4 is 5.32 Å². The molecule has 160 valence electrons. The molecule has 0 bridgehead atoms. The van der Waals surface area contributed by atoms with Crippen molar-refractivity contribution in [2.24, 2.45) is 0 Å². The average molecular weight is 477 g/mol. The molecule has 1 heterocycles. The molecule has 1 unspecified atom stereocenters. The molecule has 2 amide bonds. The summed E-state index contributed by atoms with van der Waals surface area (Å²) in [6.07, 6.45) is 0.979. The fourth-order valence-corrected chi connectivity index (χ4v) is 3.37. The monoisotopic (exact) mass is 476 g/mol. The molecule has 0 aromatic heterocycles. The van der Waals surface area contributed by atoms with E-state index >= 15 is 0 Å². The quantitative estimate of drug-likeness (QED) is 0.672. The van der Waals surface area contributed by atoms with Crippen LogP contribution in [0.15, 0.2) is 53.0 Å². The molecule has 30 heavy (non-hydrogen) atoms. The van der Waals surface area contributed by atoms with Gasteiger partial charge < -0.3 is 15.2 Å². The molecule has 1 aliphatic rings. The number of nitrogens with one attached hydrogen (secondary N) is 1. The number of anilines is 1. The molecule has 2 aromatic carbocycles. The van der Waals surface area contributed by atoms with Crippen molar-refractivity contribution in [3.63, 3.8) is 0 Å². The van der Waals surface area contributed by atoms with Gasteiger partial charge in [0.15, 0.2) is 0 Å². The number of amides is 2. The lowest BCUT2D eigenvalue weighted by atomic mass is 10.1. The lowest BCUT2D eigenvalue weighted by Gasteiger charge is -2.23. The van der Waals surface area contributed by atoms with Crippen LogP contribution in [-0.4, -0.2) is 40.6 Å². The number of likely N-dealkylation sites (tertiary alicyclic amines) is 1. The van der Waals surface area contributed by atoms with E-state index in [1.54, 1.807) is 0 Å². The van der Waals surface area contributed by atoms with E-state index in [4.69, 9.17) is 14.6 Å². The van der Waals surface area contributed by atoms with Gasteiger partial charge in [0.1, 0.15) is 12.6 Å². The highest BCUT2D eigenvalue weighted by Crippen LogP contribution is 2.24. The van der Waals surface area contributed by atoms with Crippen LogP contribution in [0.1, 0.15) is 30.9 Å². The van der Waals surface area contributed by atoms with Crippen LogP contribution in [0.5, 0.6) is 0 Å². The minimum atomic E-state index is -0.833. The number of hydrogen-bond donors (Lipinski definition) is 2. The molecular formula is C22H25BrN2O5. The molecule has 0 radical (unpaired) electrons. The smallest absolute Gasteiger partial charge is 0.410 e. The molecule has 0 spiro atoms. The van der Waals surface area contributed by atoms with Crippen LogP contribution in [0.25, 0.3) is 0 Å². The van der Waals surface area contributed by atoms with Gasteiger partial charge in [-0.3, -0.25) is 14.5 Å². The molecule has 0 aliphatic carbocycles. The maximum absolute atomic E-state index is 12.7. The Labute approximate surface area is 184 Å². The summed E-state index contributed by atoms with van der Waals surface area (Å²) in [4.78, 5) is 35.6. The number of aryl methyl sites for hydroxylation is 1. The van der Waals surface area contributed by atoms with Crippen LogP contribution in [0.3, 0.4) is 0 Å². The van der Waals surface area contributed by atoms with Gasteiger partial charge >= 0.3 is 6.09 Å². The molecule has 1 saturated heterocycles. The topological polar surface area (TPSA) is 95.9 Å². The molecule has 2 aromatic rings. The molecule has 3 rings (SSSR count). The van der Waals surface area contributed by atoms with E-state index in [0.717, 1.165) is 34.6 Å². The van der Waals surface area contributed by atoms with Gasteiger partial charge in [-0.2, -0.15) is 0 Å². The fourth-order valence-electron chi connectivity index (χ4n) is 3.00. The molecular weight excluding hydrogens is 452 g/mol. The standard InChI is InChI=1S/C20H21BrN2O3.C2H4O2/c1-14-9-10-16(21)12-17(14)22-19(24)18-8-5-11-23(18)20(25)26-13-15-6-3-2-4-7-15;1-2(3)4/h2-4,6-7,9-10,12,18H,5,8,11,13H2,1H3,(H,22,24);1H3,(H,3,4). The van der Waals surface area contributed by atoms with Gasteiger partial charge in [-0.1, -0.05) is 52.3 Å². The highest BCUT2D eigenvalue weighted by atomic mass is 79.9. The minimum absolute atomic E-state index is 0.180. The maximum Gasteiger partial charge on any atom is 0.410 e. The fraction of sp³-hybridized carbons (Fsp3) is 0.318. The van der Waals surface area contributed by atoms with Crippen LogP contribution in [0, 0.1) is 6.92 Å². The lowest BCUT2D eigenvalue weighted by Crippen LogP contribution is -2.43. The Morgan fingerprint density at radius 3 is 2.53 bits per heavy atom. The summed E-state index contributed by atoms with van der Waals surface area (Å²) < 4.78 is 6.28. The number of rotatable bonds is 4. The van der Waals surface area contributed by atoms with E-state index in [1.165, 1.54) is 4.90 Å². The second kappa shape index (κ2) is 11.3. The first-order valence-electron chi connectivity index (χ1n) is 9.51. The van der Waals surface area contributed by atoms with Crippen molar-refractivity contribution < 1.29 is 24.2 Å². The Morgan fingerprint density at radius 1 is 1.20 bits per heavy atom. The van der Waals surface area contributed by atoms with Gasteiger partial charge in [0, 0.05) is 23.6 Å². The summed E-state index contributed by atoms with van der Waals surface area (Å²) >= 11 is 3.41. The van der Waals surface area contributed by atoms with E-state index < -0.39 is 18.1 Å². The molecule has 0 saturated carbocycles. The average Bonchev–Trinajstić information content (AvgIpc) is 3.19. The van der Waals surface area contributed by atoms with E-state index in [-0.39, 0.29) is 12.5 Å². The van der Waals surface area contributed by atoms with Crippen LogP contribution in [-0.2, 0) is 20.9 Å². The van der Waals surface area contributed by atoms with Gasteiger partial charge in [0.25, 0.3) is 5.97 Å². The summed E-state index contributed by atoms with van der Waals surface area (Å²) in [5, 5.41) is 10.3. The SMILES string of the molecule is CC(=O)O.Cc1ccc(Br)cc1NC(=O)C1CCCN1C(=O)OCc1ccccc1. The van der Waals surface area contributed by atoms with Crippen molar-refractivity contribution in [2.45, 2.75) is 39.3 Å². The zero-order valence-electron chi connectivity index (χ0n) is 16.9. The van der Waals surface area contributed by atoms with Crippen molar-refractivity contribution >= 4 is 39.6 Å². The predicted octanol–water partition coefficient (Wildman–Crippen LogP) is 4.59. The van der Waals surface area contributed by atoms with Crippen LogP contribution >= 0.6 is 15.9 Å². The first kappa shape index (κ1) is 23.4. The summed E-state index contributed by atoms with van der Waals surface area (Å²) in [7, 11) is 0. The number of ether oxygens (including phenoxy) is 1. The first-order valence-corrected chi connectivity index (χ1v) is 10.3. The number of hydrogen-bond acceptors (Lipinski definition) is 4. The number of carboxylic acid groups (broad SMARTS) is 1. The van der Waals surface area contributed by atoms with Gasteiger partial charge in [0.2, 0.25) is 5.91 Å². The van der Waals surface area contributed by atoms with E-state index in [2.05, 4.69) is 21.2 Å². The summed E-state index contributed by atoms with van der Waals surface area (Å²) in [5.74, 6) is -1.01. The number of halogens is 1. The van der Waals surface area contributed by atoms with Gasteiger partial charge in [-0.15, -0.1) is 0 Å². The Hall–Kier alpha value is -2.87. The third-order valence-electron chi connectivity index (χ3n) is 4.45. The maximum atomic E-state index is 12.7. The van der Waals surface area contributed by atoms with Gasteiger partial charge in [-0.25, -0.2) is 4.79 Å². The predicted molar refractivity (Wildman–Crippen MR) is 117 cm³/mol. The first-order chi connectivity index (χ1) is 14.3. The molecule has 8 heteroatoms. The normalized spacial score (nSPS) is 15.0. The number of aliphatic carboxylic acids is 1. The number of carbonyl (C=O) groups is 3. The van der Waals surface area contributed by atoms with Gasteiger partial charge in [0.05, 0.1) is 0 Å². The van der Waals surface area contributed by atoms with Crippen LogP contribution in [0.2, 0.25) is 0 Å². The van der Waals surface area contributed by atoms with Crippen molar-refractivity contribution in [1.29, 1.82) is 0 Å². The molecule has 2 N–H and O–H groups in total. The van der Waals surface area contributed by atoms with E-state index in [9.17, 15) is 9.59 Å². The second-order valence-corrected chi connectivity index (χ2v) is 7.77. The van der Waals surface area contributed by atoms with Crippen molar-refractivity contribution in [1.82, 2.24) is 4.90 Å². The Morgan fingerprint density at radius 2 is 1.87 bits per heavy atom. The summed E-state index contributed by atoms with van der Waals surface area (Å²) in [5.41, 5.74) is 2.64. The number of carbonyl (C=O) groups excluding carboxylic acids is 2.